The summed E-state index contributed by atoms with van der Waals surface area (Å²) in [6.45, 7) is 5.50. The lowest BCUT2D eigenvalue weighted by Gasteiger charge is -2.25. The molecule has 1 nitrogen and oxygen atoms in total. The van der Waals surface area contributed by atoms with Gasteiger partial charge in [0.05, 0.1) is 6.10 Å². The third-order valence-corrected chi connectivity index (χ3v) is 4.15. The van der Waals surface area contributed by atoms with Crippen molar-refractivity contribution in [3.05, 3.63) is 0 Å². The van der Waals surface area contributed by atoms with Crippen LogP contribution >= 0.6 is 11.6 Å². The molecule has 84 valence electrons. The fourth-order valence-electron chi connectivity index (χ4n) is 1.97. The Morgan fingerprint density at radius 3 is 2.79 bits per heavy atom. The van der Waals surface area contributed by atoms with Gasteiger partial charge in [-0.2, -0.15) is 0 Å². The van der Waals surface area contributed by atoms with Crippen LogP contribution in [0.3, 0.4) is 0 Å². The van der Waals surface area contributed by atoms with Gasteiger partial charge in [0.25, 0.3) is 0 Å². The number of halogens is 1. The molecule has 0 spiro atoms. The first-order valence-electron chi connectivity index (χ1n) is 5.88. The van der Waals surface area contributed by atoms with Crippen molar-refractivity contribution in [3.63, 3.8) is 0 Å². The molecule has 1 heterocycles. The molecular weight excluding hydrogens is 196 g/mol. The van der Waals surface area contributed by atoms with Gasteiger partial charge in [0.15, 0.2) is 0 Å². The van der Waals surface area contributed by atoms with E-state index in [4.69, 9.17) is 16.3 Å². The predicted molar refractivity (Wildman–Crippen MR) is 61.9 cm³/mol. The van der Waals surface area contributed by atoms with Crippen LogP contribution < -0.4 is 0 Å². The molecule has 2 atom stereocenters. The van der Waals surface area contributed by atoms with Crippen LogP contribution in [-0.4, -0.2) is 18.6 Å². The van der Waals surface area contributed by atoms with E-state index >= 15 is 0 Å². The van der Waals surface area contributed by atoms with Crippen LogP contribution in [-0.2, 0) is 4.74 Å². The van der Waals surface area contributed by atoms with Gasteiger partial charge in [-0.25, -0.2) is 0 Å². The maximum Gasteiger partial charge on any atom is 0.0576 e. The van der Waals surface area contributed by atoms with E-state index in [1.54, 1.807) is 0 Å². The van der Waals surface area contributed by atoms with Gasteiger partial charge in [-0.15, -0.1) is 11.6 Å². The van der Waals surface area contributed by atoms with Gasteiger partial charge >= 0.3 is 0 Å². The molecule has 14 heavy (non-hydrogen) atoms. The monoisotopic (exact) mass is 218 g/mol. The van der Waals surface area contributed by atoms with Gasteiger partial charge in [0, 0.05) is 12.5 Å². The summed E-state index contributed by atoms with van der Waals surface area (Å²) in [6, 6.07) is 0. The van der Waals surface area contributed by atoms with Gasteiger partial charge in [0.2, 0.25) is 0 Å². The Labute approximate surface area is 93.2 Å². The van der Waals surface area contributed by atoms with E-state index in [1.807, 2.05) is 0 Å². The Balaban J connectivity index is 2.12. The Bertz CT molecular complexity index is 148. The zero-order valence-corrected chi connectivity index (χ0v) is 10.3. The van der Waals surface area contributed by atoms with Gasteiger partial charge in [-0.1, -0.05) is 20.3 Å². The van der Waals surface area contributed by atoms with E-state index in [-0.39, 0.29) is 0 Å². The standard InChI is InChI=1S/C12H23ClO/c1-3-12(2,10-13)8-4-6-11-7-5-9-14-11/h11H,3-10H2,1-2H3. The Morgan fingerprint density at radius 1 is 1.50 bits per heavy atom. The minimum atomic E-state index is 0.347. The first-order chi connectivity index (χ1) is 6.70. The molecule has 0 aliphatic carbocycles. The van der Waals surface area contributed by atoms with Crippen molar-refractivity contribution in [2.45, 2.75) is 58.5 Å². The SMILES string of the molecule is CCC(C)(CCl)CCCC1CCCO1. The van der Waals surface area contributed by atoms with E-state index in [1.165, 1.54) is 38.5 Å². The van der Waals surface area contributed by atoms with Crippen LogP contribution in [0.25, 0.3) is 0 Å². The van der Waals surface area contributed by atoms with Crippen LogP contribution in [0.4, 0.5) is 0 Å². The van der Waals surface area contributed by atoms with Crippen LogP contribution in [0, 0.1) is 5.41 Å². The third-order valence-electron chi connectivity index (χ3n) is 3.51. The summed E-state index contributed by atoms with van der Waals surface area (Å²) >= 11 is 5.97. The maximum absolute atomic E-state index is 5.97. The summed E-state index contributed by atoms with van der Waals surface area (Å²) in [6.07, 6.45) is 7.99. The lowest BCUT2D eigenvalue weighted by molar-refractivity contribution is 0.0986. The normalized spacial score (nSPS) is 26.4. The molecule has 1 fully saturated rings. The van der Waals surface area contributed by atoms with Gasteiger partial charge in [-0.3, -0.25) is 0 Å². The molecule has 0 aromatic rings. The van der Waals surface area contributed by atoms with E-state index in [0.717, 1.165) is 12.5 Å². The van der Waals surface area contributed by atoms with Gasteiger partial charge in [0.1, 0.15) is 0 Å². The van der Waals surface area contributed by atoms with Crippen molar-refractivity contribution < 1.29 is 4.74 Å². The molecule has 2 heteroatoms. The minimum Gasteiger partial charge on any atom is -0.378 e. The Kier molecular flexibility index (Phi) is 5.25. The number of ether oxygens (including phenoxy) is 1. The summed E-state index contributed by atoms with van der Waals surface area (Å²) in [5.74, 6) is 0.787. The summed E-state index contributed by atoms with van der Waals surface area (Å²) in [5, 5.41) is 0. The molecule has 0 radical (unpaired) electrons. The highest BCUT2D eigenvalue weighted by Gasteiger charge is 2.22. The molecule has 0 bridgehead atoms. The first kappa shape index (κ1) is 12.3. The predicted octanol–water partition coefficient (Wildman–Crippen LogP) is 3.99. The van der Waals surface area contributed by atoms with Crippen molar-refractivity contribution in [2.75, 3.05) is 12.5 Å². The van der Waals surface area contributed by atoms with Crippen LogP contribution in [0.5, 0.6) is 0 Å². The van der Waals surface area contributed by atoms with Crippen molar-refractivity contribution in [1.82, 2.24) is 0 Å². The van der Waals surface area contributed by atoms with E-state index in [0.29, 0.717) is 11.5 Å². The summed E-state index contributed by atoms with van der Waals surface area (Å²) in [7, 11) is 0. The molecular formula is C12H23ClO. The summed E-state index contributed by atoms with van der Waals surface area (Å²) in [5.41, 5.74) is 0.347. The summed E-state index contributed by atoms with van der Waals surface area (Å²) in [4.78, 5) is 0. The zero-order valence-electron chi connectivity index (χ0n) is 9.52. The lowest BCUT2D eigenvalue weighted by atomic mass is 9.84. The second-order valence-corrected chi connectivity index (χ2v) is 5.09. The molecule has 0 aromatic heterocycles. The fraction of sp³-hybridized carbons (Fsp3) is 1.00. The third kappa shape index (κ3) is 3.78. The molecule has 0 aromatic carbocycles. The Morgan fingerprint density at radius 2 is 2.29 bits per heavy atom. The molecule has 2 unspecified atom stereocenters. The number of hydrogen-bond donors (Lipinski definition) is 0. The molecule has 0 amide bonds. The molecule has 1 saturated heterocycles. The van der Waals surface area contributed by atoms with E-state index in [9.17, 15) is 0 Å². The quantitative estimate of drug-likeness (QED) is 0.613. The number of alkyl halides is 1. The second-order valence-electron chi connectivity index (χ2n) is 4.83. The highest BCUT2D eigenvalue weighted by Crippen LogP contribution is 2.30. The molecule has 0 N–H and O–H groups in total. The van der Waals surface area contributed by atoms with E-state index in [2.05, 4.69) is 13.8 Å². The van der Waals surface area contributed by atoms with E-state index < -0.39 is 0 Å². The average molecular weight is 219 g/mol. The molecule has 1 aliphatic rings. The molecule has 0 saturated carbocycles. The molecule has 1 rings (SSSR count). The smallest absolute Gasteiger partial charge is 0.0576 e. The molecule has 1 aliphatic heterocycles. The van der Waals surface area contributed by atoms with Crippen molar-refractivity contribution in [3.8, 4) is 0 Å². The zero-order chi connectivity index (χ0) is 10.4. The van der Waals surface area contributed by atoms with Crippen molar-refractivity contribution in [1.29, 1.82) is 0 Å². The van der Waals surface area contributed by atoms with Crippen molar-refractivity contribution >= 4 is 11.6 Å². The average Bonchev–Trinajstić information content (AvgIpc) is 2.70. The number of hydrogen-bond acceptors (Lipinski definition) is 1. The van der Waals surface area contributed by atoms with Crippen LogP contribution in [0.1, 0.15) is 52.4 Å². The first-order valence-corrected chi connectivity index (χ1v) is 6.41. The van der Waals surface area contributed by atoms with Crippen LogP contribution in [0.15, 0.2) is 0 Å². The topological polar surface area (TPSA) is 9.23 Å². The van der Waals surface area contributed by atoms with Gasteiger partial charge < -0.3 is 4.74 Å². The maximum atomic E-state index is 5.97. The fourth-order valence-corrected chi connectivity index (χ4v) is 2.29. The summed E-state index contributed by atoms with van der Waals surface area (Å²) < 4.78 is 5.60. The second kappa shape index (κ2) is 5.97. The van der Waals surface area contributed by atoms with Gasteiger partial charge in [-0.05, 0) is 37.5 Å². The lowest BCUT2D eigenvalue weighted by Crippen LogP contribution is -2.18. The largest absolute Gasteiger partial charge is 0.378 e. The number of rotatable bonds is 6. The van der Waals surface area contributed by atoms with Crippen LogP contribution in [0.2, 0.25) is 0 Å². The van der Waals surface area contributed by atoms with Crippen molar-refractivity contribution in [2.24, 2.45) is 5.41 Å². The minimum absolute atomic E-state index is 0.347. The highest BCUT2D eigenvalue weighted by atomic mass is 35.5. The highest BCUT2D eigenvalue weighted by molar-refractivity contribution is 6.18. The Hall–Kier alpha value is 0.250.